The maximum Gasteiger partial charge on any atom is 0.243 e. The molecule has 0 heterocycles. The maximum atomic E-state index is 12.3. The molecule has 23 heavy (non-hydrogen) atoms. The topological polar surface area (TPSA) is 46.3 Å². The second-order valence-corrected chi connectivity index (χ2v) is 5.59. The summed E-state index contributed by atoms with van der Waals surface area (Å²) in [5.74, 6) is -0.0223. The first-order valence-corrected chi connectivity index (χ1v) is 7.78. The third-order valence-corrected chi connectivity index (χ3v) is 3.85. The lowest BCUT2D eigenvalue weighted by atomic mass is 10.1. The molecule has 3 nitrogen and oxygen atoms in total. The highest BCUT2D eigenvalue weighted by atomic mass is 35.5. The van der Waals surface area contributed by atoms with Gasteiger partial charge in [0.2, 0.25) is 5.91 Å². The van der Waals surface area contributed by atoms with E-state index in [-0.39, 0.29) is 18.3 Å². The van der Waals surface area contributed by atoms with Crippen molar-refractivity contribution in [2.45, 2.75) is 25.3 Å². The molecule has 2 aromatic rings. The third-order valence-electron chi connectivity index (χ3n) is 3.85. The molecule has 2 N–H and O–H groups in total. The van der Waals surface area contributed by atoms with E-state index in [4.69, 9.17) is 5.73 Å². The Morgan fingerprint density at radius 1 is 1.00 bits per heavy atom. The summed E-state index contributed by atoms with van der Waals surface area (Å²) in [7, 11) is 1.83. The number of halogens is 1. The van der Waals surface area contributed by atoms with Crippen LogP contribution in [0.3, 0.4) is 0 Å². The number of unbranched alkanes of at least 4 members (excludes halogenated alkanes) is 1. The summed E-state index contributed by atoms with van der Waals surface area (Å²) < 4.78 is 0. The highest BCUT2D eigenvalue weighted by molar-refractivity contribution is 5.85. The van der Waals surface area contributed by atoms with E-state index >= 15 is 0 Å². The zero-order valence-corrected chi connectivity index (χ0v) is 14.3. The van der Waals surface area contributed by atoms with E-state index in [2.05, 4.69) is 24.3 Å². The second-order valence-electron chi connectivity index (χ2n) is 5.59. The molecule has 1 amide bonds. The maximum absolute atomic E-state index is 12.3. The Morgan fingerprint density at radius 3 is 2.17 bits per heavy atom. The van der Waals surface area contributed by atoms with Crippen LogP contribution in [-0.2, 0) is 11.2 Å². The lowest BCUT2D eigenvalue weighted by molar-refractivity contribution is -0.131. The Hall–Kier alpha value is -1.84. The normalized spacial score (nSPS) is 11.4. The van der Waals surface area contributed by atoms with Crippen LogP contribution in [0.5, 0.6) is 0 Å². The highest BCUT2D eigenvalue weighted by Crippen LogP contribution is 2.13. The molecule has 4 heteroatoms. The molecule has 0 aliphatic rings. The van der Waals surface area contributed by atoms with Gasteiger partial charge in [-0.2, -0.15) is 0 Å². The number of nitrogens with zero attached hydrogens (tertiary/aromatic N) is 1. The van der Waals surface area contributed by atoms with Crippen molar-refractivity contribution in [3.05, 3.63) is 71.8 Å². The second kappa shape index (κ2) is 10.0. The van der Waals surface area contributed by atoms with Crippen molar-refractivity contribution in [1.29, 1.82) is 0 Å². The van der Waals surface area contributed by atoms with Crippen molar-refractivity contribution >= 4 is 18.3 Å². The van der Waals surface area contributed by atoms with Crippen molar-refractivity contribution in [3.63, 3.8) is 0 Å². The van der Waals surface area contributed by atoms with Crippen LogP contribution in [0.4, 0.5) is 0 Å². The van der Waals surface area contributed by atoms with Crippen LogP contribution < -0.4 is 5.73 Å². The molecule has 0 spiro atoms. The first-order chi connectivity index (χ1) is 10.7. The van der Waals surface area contributed by atoms with Crippen LogP contribution in [0.25, 0.3) is 0 Å². The molecule has 2 aromatic carbocycles. The molecule has 1 atom stereocenters. The molecule has 0 bridgehead atoms. The predicted molar refractivity (Wildman–Crippen MR) is 97.6 cm³/mol. The van der Waals surface area contributed by atoms with Gasteiger partial charge in [-0.05, 0) is 30.4 Å². The molecule has 0 aliphatic heterocycles. The first kappa shape index (κ1) is 19.2. The molecule has 124 valence electrons. The Kier molecular flexibility index (Phi) is 8.38. The minimum atomic E-state index is -0.569. The SMILES string of the molecule is CN(CCCCc1ccccc1)C(=O)C(N)c1ccccc1.Cl. The van der Waals surface area contributed by atoms with E-state index in [0.717, 1.165) is 31.4 Å². The van der Waals surface area contributed by atoms with Crippen LogP contribution in [-0.4, -0.2) is 24.4 Å². The molecule has 0 saturated heterocycles. The summed E-state index contributed by atoms with van der Waals surface area (Å²) in [6.45, 7) is 0.742. The fraction of sp³-hybridized carbons (Fsp3) is 0.316. The highest BCUT2D eigenvalue weighted by Gasteiger charge is 2.18. The quantitative estimate of drug-likeness (QED) is 0.788. The van der Waals surface area contributed by atoms with Gasteiger partial charge in [0.15, 0.2) is 0 Å². The Balaban J connectivity index is 0.00000264. The van der Waals surface area contributed by atoms with Gasteiger partial charge in [-0.15, -0.1) is 12.4 Å². The van der Waals surface area contributed by atoms with Crippen LogP contribution in [0.2, 0.25) is 0 Å². The summed E-state index contributed by atoms with van der Waals surface area (Å²) >= 11 is 0. The van der Waals surface area contributed by atoms with Crippen molar-refractivity contribution in [1.82, 2.24) is 4.90 Å². The molecule has 1 unspecified atom stereocenters. The molecule has 2 rings (SSSR count). The Morgan fingerprint density at radius 2 is 1.57 bits per heavy atom. The predicted octanol–water partition coefficient (Wildman–Crippen LogP) is 3.59. The molecular weight excluding hydrogens is 308 g/mol. The van der Waals surface area contributed by atoms with E-state index in [1.165, 1.54) is 5.56 Å². The fourth-order valence-corrected chi connectivity index (χ4v) is 2.47. The number of likely N-dealkylation sites (N-methyl/N-ethyl adjacent to an activating group) is 1. The van der Waals surface area contributed by atoms with Gasteiger partial charge < -0.3 is 10.6 Å². The standard InChI is InChI=1S/C19H24N2O.ClH/c1-21(15-9-8-12-16-10-4-2-5-11-16)19(22)18(20)17-13-6-3-7-14-17;/h2-7,10-11,13-14,18H,8-9,12,15,20H2,1H3;1H. The van der Waals surface area contributed by atoms with Gasteiger partial charge in [0.1, 0.15) is 6.04 Å². The summed E-state index contributed by atoms with van der Waals surface area (Å²) in [6.07, 6.45) is 3.11. The monoisotopic (exact) mass is 332 g/mol. The number of amides is 1. The largest absolute Gasteiger partial charge is 0.344 e. The van der Waals surface area contributed by atoms with Gasteiger partial charge in [0.05, 0.1) is 0 Å². The lowest BCUT2D eigenvalue weighted by Gasteiger charge is -2.21. The van der Waals surface area contributed by atoms with Gasteiger partial charge in [-0.25, -0.2) is 0 Å². The lowest BCUT2D eigenvalue weighted by Crippen LogP contribution is -2.36. The van der Waals surface area contributed by atoms with Crippen LogP contribution in [0, 0.1) is 0 Å². The number of benzene rings is 2. The first-order valence-electron chi connectivity index (χ1n) is 7.78. The molecule has 0 aromatic heterocycles. The molecule has 0 radical (unpaired) electrons. The van der Waals surface area contributed by atoms with Crippen LogP contribution in [0.1, 0.15) is 30.0 Å². The van der Waals surface area contributed by atoms with E-state index in [9.17, 15) is 4.79 Å². The average Bonchev–Trinajstić information content (AvgIpc) is 2.59. The van der Waals surface area contributed by atoms with Gasteiger partial charge in [-0.1, -0.05) is 60.7 Å². The average molecular weight is 333 g/mol. The number of hydrogen-bond donors (Lipinski definition) is 1. The van der Waals surface area contributed by atoms with E-state index < -0.39 is 6.04 Å². The van der Waals surface area contributed by atoms with Crippen molar-refractivity contribution in [2.24, 2.45) is 5.73 Å². The minimum absolute atomic E-state index is 0. The van der Waals surface area contributed by atoms with Crippen LogP contribution in [0.15, 0.2) is 60.7 Å². The molecule has 0 saturated carbocycles. The van der Waals surface area contributed by atoms with Gasteiger partial charge in [0, 0.05) is 13.6 Å². The number of carbonyl (C=O) groups excluding carboxylic acids is 1. The Labute approximate surface area is 144 Å². The summed E-state index contributed by atoms with van der Waals surface area (Å²) in [5, 5.41) is 0. The van der Waals surface area contributed by atoms with Gasteiger partial charge >= 0.3 is 0 Å². The van der Waals surface area contributed by atoms with E-state index in [1.54, 1.807) is 4.90 Å². The number of rotatable bonds is 7. The Bertz CT molecular complexity index is 574. The zero-order valence-electron chi connectivity index (χ0n) is 13.5. The summed E-state index contributed by atoms with van der Waals surface area (Å²) in [4.78, 5) is 14.0. The molecule has 0 aliphatic carbocycles. The van der Waals surface area contributed by atoms with Crippen molar-refractivity contribution in [2.75, 3.05) is 13.6 Å². The number of hydrogen-bond acceptors (Lipinski definition) is 2. The number of aryl methyl sites for hydroxylation is 1. The van der Waals surface area contributed by atoms with E-state index in [1.807, 2.05) is 43.4 Å². The summed E-state index contributed by atoms with van der Waals surface area (Å²) in [5.41, 5.74) is 8.25. The number of nitrogens with two attached hydrogens (primary N) is 1. The molecule has 0 fully saturated rings. The van der Waals surface area contributed by atoms with Crippen LogP contribution >= 0.6 is 12.4 Å². The van der Waals surface area contributed by atoms with Crippen molar-refractivity contribution in [3.8, 4) is 0 Å². The third kappa shape index (κ3) is 6.05. The van der Waals surface area contributed by atoms with Gasteiger partial charge in [0.25, 0.3) is 0 Å². The minimum Gasteiger partial charge on any atom is -0.344 e. The smallest absolute Gasteiger partial charge is 0.243 e. The zero-order chi connectivity index (χ0) is 15.8. The van der Waals surface area contributed by atoms with E-state index in [0.29, 0.717) is 0 Å². The number of carbonyl (C=O) groups is 1. The van der Waals surface area contributed by atoms with Crippen molar-refractivity contribution < 1.29 is 4.79 Å². The van der Waals surface area contributed by atoms with Gasteiger partial charge in [-0.3, -0.25) is 4.79 Å². The molecular formula is C19H25ClN2O. The summed E-state index contributed by atoms with van der Waals surface area (Å²) in [6, 6.07) is 19.4. The fourth-order valence-electron chi connectivity index (χ4n) is 2.47.